The molecule has 0 aromatic carbocycles. The summed E-state index contributed by atoms with van der Waals surface area (Å²) in [6.07, 6.45) is 4.75. The Hall–Kier alpha value is -2.85. The number of aromatic nitrogens is 5. The standard InChI is InChI=1S/C22H21BrFN5O3/c1-28-20-17-15(10-13(23)11-26-17)29(21(20)18(27-28)22(30)31-2)19(12-5-8-32-9-6-12)16-14(24)4-3-7-25-16/h3-4,7,10-12,19H,5-6,8-9H2,1-2H3/t19-/m0/s1. The van der Waals surface area contributed by atoms with Crippen molar-refractivity contribution in [3.05, 3.63) is 52.3 Å². The molecule has 1 aliphatic heterocycles. The molecule has 0 radical (unpaired) electrons. The summed E-state index contributed by atoms with van der Waals surface area (Å²) < 4.78 is 30.1. The molecule has 1 aliphatic rings. The Kier molecular flexibility index (Phi) is 5.42. The maximum absolute atomic E-state index is 15.2. The second-order valence-corrected chi connectivity index (χ2v) is 8.73. The van der Waals surface area contributed by atoms with Gasteiger partial charge in [-0.05, 0) is 52.9 Å². The van der Waals surface area contributed by atoms with Gasteiger partial charge in [0, 0.05) is 37.1 Å². The maximum Gasteiger partial charge on any atom is 0.360 e. The van der Waals surface area contributed by atoms with E-state index in [2.05, 4.69) is 31.0 Å². The summed E-state index contributed by atoms with van der Waals surface area (Å²) in [6.45, 7) is 1.16. The molecule has 0 saturated carbocycles. The normalized spacial score (nSPS) is 16.0. The predicted octanol–water partition coefficient (Wildman–Crippen LogP) is 4.02. The first-order valence-corrected chi connectivity index (χ1v) is 11.1. The number of methoxy groups -OCH3 is 1. The number of hydrogen-bond donors (Lipinski definition) is 0. The van der Waals surface area contributed by atoms with Gasteiger partial charge in [0.15, 0.2) is 5.69 Å². The van der Waals surface area contributed by atoms with E-state index in [-0.39, 0.29) is 11.6 Å². The van der Waals surface area contributed by atoms with Crippen LogP contribution in [-0.2, 0) is 16.5 Å². The van der Waals surface area contributed by atoms with Gasteiger partial charge in [-0.3, -0.25) is 14.6 Å². The number of carbonyl (C=O) groups excluding carboxylic acids is 1. The lowest BCUT2D eigenvalue weighted by Crippen LogP contribution is -2.28. The zero-order valence-electron chi connectivity index (χ0n) is 17.6. The number of nitrogens with zero attached hydrogens (tertiary/aromatic N) is 5. The first kappa shape index (κ1) is 21.0. The molecule has 32 heavy (non-hydrogen) atoms. The molecule has 5 rings (SSSR count). The molecule has 0 aliphatic carbocycles. The average molecular weight is 502 g/mol. The molecule has 1 fully saturated rings. The van der Waals surface area contributed by atoms with Gasteiger partial charge in [-0.1, -0.05) is 0 Å². The lowest BCUT2D eigenvalue weighted by atomic mass is 9.88. The molecule has 0 bridgehead atoms. The van der Waals surface area contributed by atoms with Crippen molar-refractivity contribution in [2.24, 2.45) is 13.0 Å². The molecular weight excluding hydrogens is 481 g/mol. The Morgan fingerprint density at radius 3 is 2.81 bits per heavy atom. The van der Waals surface area contributed by atoms with E-state index in [0.29, 0.717) is 35.5 Å². The minimum Gasteiger partial charge on any atom is -0.464 e. The number of aryl methyl sites for hydroxylation is 1. The van der Waals surface area contributed by atoms with Gasteiger partial charge < -0.3 is 14.0 Å². The van der Waals surface area contributed by atoms with Gasteiger partial charge in [0.25, 0.3) is 0 Å². The van der Waals surface area contributed by atoms with E-state index in [1.54, 1.807) is 30.2 Å². The second kappa shape index (κ2) is 8.25. The highest BCUT2D eigenvalue weighted by Crippen LogP contribution is 2.41. The van der Waals surface area contributed by atoms with E-state index in [9.17, 15) is 4.79 Å². The third kappa shape index (κ3) is 3.29. The summed E-state index contributed by atoms with van der Waals surface area (Å²) >= 11 is 3.51. The van der Waals surface area contributed by atoms with Crippen LogP contribution in [0.3, 0.4) is 0 Å². The Morgan fingerprint density at radius 1 is 1.31 bits per heavy atom. The van der Waals surface area contributed by atoms with Gasteiger partial charge in [-0.15, -0.1) is 0 Å². The Labute approximate surface area is 191 Å². The molecular formula is C22H21BrFN5O3. The summed E-state index contributed by atoms with van der Waals surface area (Å²) in [7, 11) is 3.08. The first-order chi connectivity index (χ1) is 15.5. The number of rotatable bonds is 4. The second-order valence-electron chi connectivity index (χ2n) is 7.82. The van der Waals surface area contributed by atoms with Crippen LogP contribution in [0.25, 0.3) is 22.1 Å². The van der Waals surface area contributed by atoms with Gasteiger partial charge in [-0.25, -0.2) is 9.18 Å². The number of ether oxygens (including phenoxy) is 2. The van der Waals surface area contributed by atoms with Gasteiger partial charge in [0.1, 0.15) is 22.4 Å². The van der Waals surface area contributed by atoms with Crippen molar-refractivity contribution < 1.29 is 18.7 Å². The van der Waals surface area contributed by atoms with Crippen molar-refractivity contribution in [3.8, 4) is 0 Å². The first-order valence-electron chi connectivity index (χ1n) is 10.3. The number of pyridine rings is 2. The molecule has 0 amide bonds. The summed E-state index contributed by atoms with van der Waals surface area (Å²) in [5.41, 5.74) is 3.14. The highest BCUT2D eigenvalue weighted by atomic mass is 79.9. The Bertz CT molecular complexity index is 1330. The van der Waals surface area contributed by atoms with E-state index in [1.165, 1.54) is 13.2 Å². The SMILES string of the molecule is COC(=O)c1nn(C)c2c3ncc(Br)cc3n([C@H](c3ncccc3F)C3CCOCC3)c12. The van der Waals surface area contributed by atoms with Crippen LogP contribution in [0.5, 0.6) is 0 Å². The minimum absolute atomic E-state index is 0.0386. The lowest BCUT2D eigenvalue weighted by Gasteiger charge is -2.32. The van der Waals surface area contributed by atoms with Gasteiger partial charge in [0.2, 0.25) is 0 Å². The van der Waals surface area contributed by atoms with Crippen LogP contribution in [0.2, 0.25) is 0 Å². The largest absolute Gasteiger partial charge is 0.464 e. The van der Waals surface area contributed by atoms with E-state index in [1.807, 2.05) is 10.6 Å². The number of carbonyl (C=O) groups is 1. The van der Waals surface area contributed by atoms with Crippen LogP contribution in [0.1, 0.15) is 35.1 Å². The van der Waals surface area contributed by atoms with Crippen LogP contribution in [0.4, 0.5) is 4.39 Å². The molecule has 10 heteroatoms. The van der Waals surface area contributed by atoms with Gasteiger partial charge in [0.05, 0.1) is 24.4 Å². The molecule has 8 nitrogen and oxygen atoms in total. The van der Waals surface area contributed by atoms with Crippen LogP contribution in [0, 0.1) is 11.7 Å². The molecule has 4 aromatic heterocycles. The van der Waals surface area contributed by atoms with Crippen molar-refractivity contribution in [1.29, 1.82) is 0 Å². The Balaban J connectivity index is 1.91. The summed E-state index contributed by atoms with van der Waals surface area (Å²) in [6, 6.07) is 4.43. The molecule has 1 atom stereocenters. The molecule has 1 saturated heterocycles. The lowest BCUT2D eigenvalue weighted by molar-refractivity contribution is 0.0539. The van der Waals surface area contributed by atoms with E-state index >= 15 is 4.39 Å². The van der Waals surface area contributed by atoms with Crippen LogP contribution in [-0.4, -0.2) is 50.6 Å². The fraction of sp³-hybridized carbons (Fsp3) is 0.364. The number of fused-ring (bicyclic) bond motifs is 3. The summed E-state index contributed by atoms with van der Waals surface area (Å²) in [5, 5.41) is 4.43. The zero-order valence-corrected chi connectivity index (χ0v) is 19.2. The summed E-state index contributed by atoms with van der Waals surface area (Å²) in [4.78, 5) is 21.7. The maximum atomic E-state index is 15.2. The zero-order chi connectivity index (χ0) is 22.4. The highest BCUT2D eigenvalue weighted by molar-refractivity contribution is 9.10. The number of halogens is 2. The topological polar surface area (TPSA) is 84.1 Å². The van der Waals surface area contributed by atoms with Crippen LogP contribution < -0.4 is 0 Å². The minimum atomic E-state index is -0.564. The van der Waals surface area contributed by atoms with Crippen molar-refractivity contribution in [1.82, 2.24) is 24.3 Å². The monoisotopic (exact) mass is 501 g/mol. The van der Waals surface area contributed by atoms with Crippen molar-refractivity contribution in [2.45, 2.75) is 18.9 Å². The third-order valence-electron chi connectivity index (χ3n) is 6.02. The van der Waals surface area contributed by atoms with Crippen molar-refractivity contribution >= 4 is 44.0 Å². The third-order valence-corrected chi connectivity index (χ3v) is 6.45. The predicted molar refractivity (Wildman–Crippen MR) is 119 cm³/mol. The molecule has 0 N–H and O–H groups in total. The van der Waals surface area contributed by atoms with E-state index in [4.69, 9.17) is 9.47 Å². The molecule has 5 heterocycles. The highest BCUT2D eigenvalue weighted by Gasteiger charge is 2.35. The molecule has 0 unspecified atom stereocenters. The van der Waals surface area contributed by atoms with Gasteiger partial charge in [-0.2, -0.15) is 5.10 Å². The van der Waals surface area contributed by atoms with E-state index < -0.39 is 17.8 Å². The summed E-state index contributed by atoms with van der Waals surface area (Å²) in [5.74, 6) is -0.923. The number of hydrogen-bond acceptors (Lipinski definition) is 6. The van der Waals surface area contributed by atoms with Crippen molar-refractivity contribution in [3.63, 3.8) is 0 Å². The van der Waals surface area contributed by atoms with Crippen molar-refractivity contribution in [2.75, 3.05) is 20.3 Å². The molecule has 166 valence electrons. The fourth-order valence-corrected chi connectivity index (χ4v) is 4.97. The van der Waals surface area contributed by atoms with E-state index in [0.717, 1.165) is 22.8 Å². The molecule has 4 aromatic rings. The molecule has 0 spiro atoms. The smallest absolute Gasteiger partial charge is 0.360 e. The quantitative estimate of drug-likeness (QED) is 0.392. The van der Waals surface area contributed by atoms with Crippen LogP contribution >= 0.6 is 15.9 Å². The Morgan fingerprint density at radius 2 is 2.09 bits per heavy atom. The average Bonchev–Trinajstić information content (AvgIpc) is 3.31. The number of esters is 1. The van der Waals surface area contributed by atoms with Gasteiger partial charge >= 0.3 is 5.97 Å². The van der Waals surface area contributed by atoms with Crippen LogP contribution in [0.15, 0.2) is 35.1 Å². The fourth-order valence-electron chi connectivity index (χ4n) is 4.65.